The van der Waals surface area contributed by atoms with Gasteiger partial charge in [0.15, 0.2) is 5.78 Å². The SMILES string of the molecule is CCN(C(=O)c1cc(C)nc(Nc2cccc(C(C)=O)c2)n1)c1ccccc1. The highest BCUT2D eigenvalue weighted by atomic mass is 16.2. The number of benzene rings is 2. The van der Waals surface area contributed by atoms with Gasteiger partial charge < -0.3 is 10.2 Å². The Hall–Kier alpha value is -3.54. The molecule has 0 fully saturated rings. The van der Waals surface area contributed by atoms with E-state index in [1.807, 2.05) is 50.2 Å². The number of anilines is 3. The van der Waals surface area contributed by atoms with Gasteiger partial charge in [-0.2, -0.15) is 0 Å². The quantitative estimate of drug-likeness (QED) is 0.647. The van der Waals surface area contributed by atoms with Crippen LogP contribution in [0.3, 0.4) is 0 Å². The lowest BCUT2D eigenvalue weighted by molar-refractivity contribution is 0.0981. The maximum Gasteiger partial charge on any atom is 0.277 e. The molecule has 0 bridgehead atoms. The van der Waals surface area contributed by atoms with Crippen molar-refractivity contribution in [3.8, 4) is 0 Å². The number of nitrogens with one attached hydrogen (secondary N) is 1. The lowest BCUT2D eigenvalue weighted by atomic mass is 10.1. The molecule has 0 aliphatic heterocycles. The summed E-state index contributed by atoms with van der Waals surface area (Å²) in [5.41, 5.74) is 3.08. The number of nitrogens with zero attached hydrogens (tertiary/aromatic N) is 3. The first-order valence-electron chi connectivity index (χ1n) is 9.08. The maximum absolute atomic E-state index is 13.0. The molecule has 3 rings (SSSR count). The second-order valence-electron chi connectivity index (χ2n) is 6.37. The Labute approximate surface area is 164 Å². The van der Waals surface area contributed by atoms with Crippen molar-refractivity contribution in [3.05, 3.63) is 77.6 Å². The Morgan fingerprint density at radius 2 is 1.75 bits per heavy atom. The maximum atomic E-state index is 13.0. The lowest BCUT2D eigenvalue weighted by Crippen LogP contribution is -2.31. The average Bonchev–Trinajstić information content (AvgIpc) is 2.69. The van der Waals surface area contributed by atoms with Gasteiger partial charge in [-0.1, -0.05) is 30.3 Å². The smallest absolute Gasteiger partial charge is 0.277 e. The fraction of sp³-hybridized carbons (Fsp3) is 0.182. The zero-order valence-electron chi connectivity index (χ0n) is 16.1. The van der Waals surface area contributed by atoms with E-state index in [4.69, 9.17) is 0 Å². The second kappa shape index (κ2) is 8.43. The van der Waals surface area contributed by atoms with Crippen LogP contribution in [0.4, 0.5) is 17.3 Å². The Bertz CT molecular complexity index is 1000. The second-order valence-corrected chi connectivity index (χ2v) is 6.37. The molecule has 0 aliphatic carbocycles. The van der Waals surface area contributed by atoms with Crippen LogP contribution < -0.4 is 10.2 Å². The standard InChI is InChI=1S/C22H22N4O2/c1-4-26(19-11-6-5-7-12-19)21(28)20-13-15(2)23-22(25-20)24-18-10-8-9-17(14-18)16(3)27/h5-14H,4H2,1-3H3,(H,23,24,25). The van der Waals surface area contributed by atoms with Crippen molar-refractivity contribution in [2.75, 3.05) is 16.8 Å². The number of para-hydroxylation sites is 1. The summed E-state index contributed by atoms with van der Waals surface area (Å²) in [6.45, 7) is 5.77. The van der Waals surface area contributed by atoms with Crippen LogP contribution in [0.2, 0.25) is 0 Å². The molecule has 0 atom stereocenters. The van der Waals surface area contributed by atoms with Crippen LogP contribution in [0.1, 0.15) is 40.4 Å². The largest absolute Gasteiger partial charge is 0.324 e. The highest BCUT2D eigenvalue weighted by molar-refractivity contribution is 6.05. The number of ketones is 1. The molecule has 1 amide bonds. The van der Waals surface area contributed by atoms with E-state index < -0.39 is 0 Å². The third-order valence-corrected chi connectivity index (χ3v) is 4.23. The van der Waals surface area contributed by atoms with Crippen LogP contribution in [0.5, 0.6) is 0 Å². The van der Waals surface area contributed by atoms with Gasteiger partial charge in [-0.05, 0) is 51.1 Å². The molecule has 2 aromatic carbocycles. The van der Waals surface area contributed by atoms with E-state index in [1.165, 1.54) is 6.92 Å². The molecule has 1 N–H and O–H groups in total. The fourth-order valence-corrected chi connectivity index (χ4v) is 2.87. The molecule has 142 valence electrons. The number of carbonyl (C=O) groups excluding carboxylic acids is 2. The number of hydrogen-bond donors (Lipinski definition) is 1. The van der Waals surface area contributed by atoms with E-state index in [2.05, 4.69) is 15.3 Å². The van der Waals surface area contributed by atoms with Gasteiger partial charge in [0, 0.05) is 29.2 Å². The van der Waals surface area contributed by atoms with Gasteiger partial charge in [0.25, 0.3) is 5.91 Å². The minimum absolute atomic E-state index is 0.0221. The average molecular weight is 374 g/mol. The molecule has 0 spiro atoms. The Morgan fingerprint density at radius 3 is 2.43 bits per heavy atom. The van der Waals surface area contributed by atoms with Gasteiger partial charge in [-0.3, -0.25) is 9.59 Å². The normalized spacial score (nSPS) is 10.4. The summed E-state index contributed by atoms with van der Waals surface area (Å²) in [6, 6.07) is 18.2. The summed E-state index contributed by atoms with van der Waals surface area (Å²) in [7, 11) is 0. The summed E-state index contributed by atoms with van der Waals surface area (Å²) < 4.78 is 0. The highest BCUT2D eigenvalue weighted by Crippen LogP contribution is 2.19. The van der Waals surface area contributed by atoms with Crippen LogP contribution in [0, 0.1) is 6.92 Å². The van der Waals surface area contributed by atoms with Gasteiger partial charge in [0.05, 0.1) is 0 Å². The lowest BCUT2D eigenvalue weighted by Gasteiger charge is -2.21. The van der Waals surface area contributed by atoms with Crippen LogP contribution >= 0.6 is 0 Å². The number of aromatic nitrogens is 2. The number of Topliss-reactive ketones (excluding diaryl/α,β-unsaturated/α-hetero) is 1. The third kappa shape index (κ3) is 4.40. The van der Waals surface area contributed by atoms with Crippen molar-refractivity contribution < 1.29 is 9.59 Å². The monoisotopic (exact) mass is 374 g/mol. The molecule has 3 aromatic rings. The predicted molar refractivity (Wildman–Crippen MR) is 110 cm³/mol. The van der Waals surface area contributed by atoms with Crippen LogP contribution in [0.25, 0.3) is 0 Å². The first kappa shape index (κ1) is 19.2. The van der Waals surface area contributed by atoms with Gasteiger partial charge in [-0.25, -0.2) is 9.97 Å². The summed E-state index contributed by atoms with van der Waals surface area (Å²) in [4.78, 5) is 35.1. The third-order valence-electron chi connectivity index (χ3n) is 4.23. The van der Waals surface area contributed by atoms with E-state index in [9.17, 15) is 9.59 Å². The van der Waals surface area contributed by atoms with E-state index in [-0.39, 0.29) is 11.7 Å². The number of carbonyl (C=O) groups is 2. The number of amides is 1. The Kier molecular flexibility index (Phi) is 5.79. The van der Waals surface area contributed by atoms with E-state index in [0.29, 0.717) is 35.1 Å². The van der Waals surface area contributed by atoms with Crippen LogP contribution in [-0.2, 0) is 0 Å². The molecular formula is C22H22N4O2. The van der Waals surface area contributed by atoms with Gasteiger partial charge >= 0.3 is 0 Å². The summed E-state index contributed by atoms with van der Waals surface area (Å²) in [5.74, 6) is 0.0963. The first-order valence-corrected chi connectivity index (χ1v) is 9.08. The molecule has 0 saturated carbocycles. The molecule has 6 heteroatoms. The summed E-state index contributed by atoms with van der Waals surface area (Å²) in [5, 5.41) is 3.09. The molecule has 28 heavy (non-hydrogen) atoms. The van der Waals surface area contributed by atoms with Crippen molar-refractivity contribution in [1.29, 1.82) is 0 Å². The van der Waals surface area contributed by atoms with Crippen molar-refractivity contribution in [3.63, 3.8) is 0 Å². The predicted octanol–water partition coefficient (Wildman–Crippen LogP) is 4.40. The minimum atomic E-state index is -0.195. The molecule has 0 radical (unpaired) electrons. The Balaban J connectivity index is 1.90. The molecule has 0 saturated heterocycles. The summed E-state index contributed by atoms with van der Waals surface area (Å²) in [6.07, 6.45) is 0. The fourth-order valence-electron chi connectivity index (χ4n) is 2.87. The zero-order chi connectivity index (χ0) is 20.1. The van der Waals surface area contributed by atoms with E-state index >= 15 is 0 Å². The molecule has 0 unspecified atom stereocenters. The topological polar surface area (TPSA) is 75.2 Å². The number of aryl methyl sites for hydroxylation is 1. The molecular weight excluding hydrogens is 352 g/mol. The minimum Gasteiger partial charge on any atom is -0.324 e. The molecule has 1 heterocycles. The van der Waals surface area contributed by atoms with Gasteiger partial charge in [-0.15, -0.1) is 0 Å². The van der Waals surface area contributed by atoms with Crippen molar-refractivity contribution in [2.45, 2.75) is 20.8 Å². The van der Waals surface area contributed by atoms with Crippen molar-refractivity contribution in [2.24, 2.45) is 0 Å². The van der Waals surface area contributed by atoms with Crippen LogP contribution in [-0.4, -0.2) is 28.2 Å². The van der Waals surface area contributed by atoms with Crippen molar-refractivity contribution in [1.82, 2.24) is 9.97 Å². The zero-order valence-corrected chi connectivity index (χ0v) is 16.1. The molecule has 0 aliphatic rings. The molecule has 1 aromatic heterocycles. The van der Waals surface area contributed by atoms with Gasteiger partial charge in [0.2, 0.25) is 5.95 Å². The molecule has 6 nitrogen and oxygen atoms in total. The Morgan fingerprint density at radius 1 is 1.00 bits per heavy atom. The van der Waals surface area contributed by atoms with Crippen LogP contribution in [0.15, 0.2) is 60.7 Å². The van der Waals surface area contributed by atoms with E-state index in [0.717, 1.165) is 5.69 Å². The highest BCUT2D eigenvalue weighted by Gasteiger charge is 2.19. The number of rotatable bonds is 6. The van der Waals surface area contributed by atoms with E-state index in [1.54, 1.807) is 29.2 Å². The van der Waals surface area contributed by atoms with Crippen molar-refractivity contribution >= 4 is 29.0 Å². The first-order chi connectivity index (χ1) is 13.5. The van der Waals surface area contributed by atoms with Gasteiger partial charge in [0.1, 0.15) is 5.69 Å². The number of hydrogen-bond acceptors (Lipinski definition) is 5. The summed E-state index contributed by atoms with van der Waals surface area (Å²) >= 11 is 0.